The zero-order valence-electron chi connectivity index (χ0n) is 11.9. The SMILES string of the molecule is CC(C)(C)OC(=O)N1CC(NCCCC2CC2)C1. The van der Waals surface area contributed by atoms with E-state index >= 15 is 0 Å². The van der Waals surface area contributed by atoms with Crippen molar-refractivity contribution >= 4 is 6.09 Å². The Morgan fingerprint density at radius 1 is 1.33 bits per heavy atom. The Hall–Kier alpha value is -0.770. The van der Waals surface area contributed by atoms with E-state index in [2.05, 4.69) is 5.32 Å². The summed E-state index contributed by atoms with van der Waals surface area (Å²) in [4.78, 5) is 13.5. The molecule has 4 nitrogen and oxygen atoms in total. The Bertz CT molecular complexity index is 289. The molecule has 1 saturated carbocycles. The third-order valence-electron chi connectivity index (χ3n) is 3.45. The molecule has 2 aliphatic rings. The molecule has 18 heavy (non-hydrogen) atoms. The van der Waals surface area contributed by atoms with Crippen LogP contribution in [0.2, 0.25) is 0 Å². The van der Waals surface area contributed by atoms with Crippen molar-refractivity contribution in [3.05, 3.63) is 0 Å². The monoisotopic (exact) mass is 254 g/mol. The second-order valence-corrected chi connectivity index (χ2v) is 6.62. The molecule has 0 radical (unpaired) electrons. The molecule has 2 rings (SSSR count). The predicted octanol–water partition coefficient (Wildman–Crippen LogP) is 2.39. The van der Waals surface area contributed by atoms with Crippen molar-refractivity contribution in [2.75, 3.05) is 19.6 Å². The van der Waals surface area contributed by atoms with E-state index in [-0.39, 0.29) is 11.7 Å². The van der Waals surface area contributed by atoms with Gasteiger partial charge in [-0.15, -0.1) is 0 Å². The Labute approximate surface area is 110 Å². The molecule has 104 valence electrons. The van der Waals surface area contributed by atoms with Crippen molar-refractivity contribution in [2.45, 2.75) is 58.1 Å². The number of nitrogens with zero attached hydrogens (tertiary/aromatic N) is 1. The molecule has 1 heterocycles. The van der Waals surface area contributed by atoms with Crippen molar-refractivity contribution in [3.63, 3.8) is 0 Å². The molecule has 0 unspecified atom stereocenters. The lowest BCUT2D eigenvalue weighted by molar-refractivity contribution is 0.00535. The minimum absolute atomic E-state index is 0.182. The molecule has 0 spiro atoms. The second-order valence-electron chi connectivity index (χ2n) is 6.62. The van der Waals surface area contributed by atoms with Gasteiger partial charge in [0, 0.05) is 19.1 Å². The molecule has 1 saturated heterocycles. The summed E-state index contributed by atoms with van der Waals surface area (Å²) in [5, 5.41) is 3.50. The van der Waals surface area contributed by atoms with Crippen LogP contribution < -0.4 is 5.32 Å². The minimum atomic E-state index is -0.389. The molecule has 0 atom stereocenters. The van der Waals surface area contributed by atoms with E-state index in [1.807, 2.05) is 20.8 Å². The normalized spacial score (nSPS) is 20.7. The zero-order chi connectivity index (χ0) is 13.2. The summed E-state index contributed by atoms with van der Waals surface area (Å²) in [6, 6.07) is 0.469. The molecule has 0 aromatic carbocycles. The van der Waals surface area contributed by atoms with Crippen LogP contribution in [0.4, 0.5) is 4.79 Å². The summed E-state index contributed by atoms with van der Waals surface area (Å²) in [6.45, 7) is 8.37. The number of amides is 1. The first-order chi connectivity index (χ1) is 8.44. The summed E-state index contributed by atoms with van der Waals surface area (Å²) in [5.41, 5.74) is -0.389. The van der Waals surface area contributed by atoms with Crippen LogP contribution in [0.1, 0.15) is 46.5 Å². The van der Waals surface area contributed by atoms with Crippen LogP contribution in [-0.2, 0) is 4.74 Å². The molecular weight excluding hydrogens is 228 g/mol. The molecule has 0 bridgehead atoms. The highest BCUT2D eigenvalue weighted by molar-refractivity contribution is 5.69. The van der Waals surface area contributed by atoms with Gasteiger partial charge in [0.05, 0.1) is 0 Å². The van der Waals surface area contributed by atoms with Crippen LogP contribution >= 0.6 is 0 Å². The maximum absolute atomic E-state index is 11.7. The Morgan fingerprint density at radius 2 is 2.00 bits per heavy atom. The highest BCUT2D eigenvalue weighted by Gasteiger charge is 2.33. The Balaban J connectivity index is 1.51. The average Bonchev–Trinajstić information content (AvgIpc) is 2.94. The first-order valence-electron chi connectivity index (χ1n) is 7.15. The van der Waals surface area contributed by atoms with E-state index in [0.29, 0.717) is 6.04 Å². The Morgan fingerprint density at radius 3 is 2.56 bits per heavy atom. The summed E-state index contributed by atoms with van der Waals surface area (Å²) < 4.78 is 5.31. The van der Waals surface area contributed by atoms with Gasteiger partial charge in [-0.1, -0.05) is 12.8 Å². The number of hydrogen-bond donors (Lipinski definition) is 1. The molecule has 1 N–H and O–H groups in total. The first kappa shape index (κ1) is 13.7. The largest absolute Gasteiger partial charge is 0.444 e. The number of carbonyl (C=O) groups excluding carboxylic acids is 1. The van der Waals surface area contributed by atoms with Crippen molar-refractivity contribution in [3.8, 4) is 0 Å². The summed E-state index contributed by atoms with van der Waals surface area (Å²) in [5.74, 6) is 1.02. The van der Waals surface area contributed by atoms with E-state index in [9.17, 15) is 4.79 Å². The number of nitrogens with one attached hydrogen (secondary N) is 1. The standard InChI is InChI=1S/C14H26N2O2/c1-14(2,3)18-13(17)16-9-12(10-16)15-8-4-5-11-6-7-11/h11-12,15H,4-10H2,1-3H3. The topological polar surface area (TPSA) is 41.6 Å². The smallest absolute Gasteiger partial charge is 0.410 e. The van der Waals surface area contributed by atoms with Gasteiger partial charge in [-0.05, 0) is 46.1 Å². The minimum Gasteiger partial charge on any atom is -0.444 e. The highest BCUT2D eigenvalue weighted by Crippen LogP contribution is 2.33. The van der Waals surface area contributed by atoms with E-state index < -0.39 is 0 Å². The van der Waals surface area contributed by atoms with E-state index in [1.165, 1.54) is 25.7 Å². The fourth-order valence-electron chi connectivity index (χ4n) is 2.19. The van der Waals surface area contributed by atoms with Gasteiger partial charge in [0.25, 0.3) is 0 Å². The first-order valence-corrected chi connectivity index (χ1v) is 7.15. The number of ether oxygens (including phenoxy) is 1. The van der Waals surface area contributed by atoms with Crippen molar-refractivity contribution in [2.24, 2.45) is 5.92 Å². The highest BCUT2D eigenvalue weighted by atomic mass is 16.6. The van der Waals surface area contributed by atoms with Crippen LogP contribution in [0.25, 0.3) is 0 Å². The fraction of sp³-hybridized carbons (Fsp3) is 0.929. The molecule has 1 aliphatic carbocycles. The van der Waals surface area contributed by atoms with Gasteiger partial charge in [0.15, 0.2) is 0 Å². The molecule has 1 aliphatic heterocycles. The molecule has 4 heteroatoms. The van der Waals surface area contributed by atoms with Crippen molar-refractivity contribution < 1.29 is 9.53 Å². The van der Waals surface area contributed by atoms with Crippen molar-refractivity contribution in [1.82, 2.24) is 10.2 Å². The van der Waals surface area contributed by atoms with Gasteiger partial charge in [0.2, 0.25) is 0 Å². The fourth-order valence-corrected chi connectivity index (χ4v) is 2.19. The van der Waals surface area contributed by atoms with Gasteiger partial charge >= 0.3 is 6.09 Å². The van der Waals surface area contributed by atoms with Crippen LogP contribution in [0.5, 0.6) is 0 Å². The Kier molecular flexibility index (Phi) is 4.15. The summed E-state index contributed by atoms with van der Waals surface area (Å²) in [6.07, 6.45) is 5.34. The number of hydrogen-bond acceptors (Lipinski definition) is 3. The van der Waals surface area contributed by atoms with Gasteiger partial charge < -0.3 is 15.0 Å². The predicted molar refractivity (Wildman–Crippen MR) is 71.6 cm³/mol. The van der Waals surface area contributed by atoms with Gasteiger partial charge in [-0.3, -0.25) is 0 Å². The molecule has 0 aromatic heterocycles. The summed E-state index contributed by atoms with van der Waals surface area (Å²) >= 11 is 0. The van der Waals surface area contributed by atoms with Gasteiger partial charge in [0.1, 0.15) is 5.60 Å². The van der Waals surface area contributed by atoms with E-state index in [1.54, 1.807) is 4.90 Å². The number of carbonyl (C=O) groups is 1. The quantitative estimate of drug-likeness (QED) is 0.766. The lowest BCUT2D eigenvalue weighted by atomic mass is 10.1. The lowest BCUT2D eigenvalue weighted by Crippen LogP contribution is -2.60. The van der Waals surface area contributed by atoms with Crippen molar-refractivity contribution in [1.29, 1.82) is 0 Å². The molecule has 2 fully saturated rings. The maximum atomic E-state index is 11.7. The number of likely N-dealkylation sites (tertiary alicyclic amines) is 1. The molecule has 1 amide bonds. The van der Waals surface area contributed by atoms with Crippen LogP contribution in [0.15, 0.2) is 0 Å². The van der Waals surface area contributed by atoms with Crippen LogP contribution in [0.3, 0.4) is 0 Å². The maximum Gasteiger partial charge on any atom is 0.410 e. The van der Waals surface area contributed by atoms with Gasteiger partial charge in [-0.25, -0.2) is 4.79 Å². The van der Waals surface area contributed by atoms with E-state index in [0.717, 1.165) is 25.6 Å². The third kappa shape index (κ3) is 4.48. The third-order valence-corrected chi connectivity index (χ3v) is 3.45. The van der Waals surface area contributed by atoms with E-state index in [4.69, 9.17) is 4.74 Å². The van der Waals surface area contributed by atoms with Crippen LogP contribution in [0, 0.1) is 5.92 Å². The molecule has 0 aromatic rings. The summed E-state index contributed by atoms with van der Waals surface area (Å²) in [7, 11) is 0. The van der Waals surface area contributed by atoms with Gasteiger partial charge in [-0.2, -0.15) is 0 Å². The van der Waals surface area contributed by atoms with Crippen LogP contribution in [-0.4, -0.2) is 42.3 Å². The average molecular weight is 254 g/mol. The zero-order valence-corrected chi connectivity index (χ0v) is 11.9. The number of rotatable bonds is 5. The molecular formula is C14H26N2O2. The lowest BCUT2D eigenvalue weighted by Gasteiger charge is -2.40. The second kappa shape index (κ2) is 5.47.